The zero-order valence-corrected chi connectivity index (χ0v) is 56.9. The molecule has 4 nitrogen and oxygen atoms in total. The lowest BCUT2D eigenvalue weighted by Crippen LogP contribution is -2.10. The molecule has 0 aromatic heterocycles. The summed E-state index contributed by atoms with van der Waals surface area (Å²) in [6.45, 7) is 0. The number of benzene rings is 18. The first-order chi connectivity index (χ1) is 50.3. The zero-order valence-electron chi connectivity index (χ0n) is 56.9. The second kappa shape index (κ2) is 27.6. The number of hydrogen-bond acceptors (Lipinski definition) is 4. The van der Waals surface area contributed by atoms with Crippen LogP contribution < -0.4 is 19.6 Å². The lowest BCUT2D eigenvalue weighted by atomic mass is 9.99. The molecule has 18 aromatic carbocycles. The van der Waals surface area contributed by atoms with Crippen molar-refractivity contribution in [3.05, 3.63) is 400 Å². The van der Waals surface area contributed by atoms with Gasteiger partial charge in [0.05, 0.1) is 0 Å². The molecule has 0 spiro atoms. The van der Waals surface area contributed by atoms with Crippen LogP contribution in [0.5, 0.6) is 0 Å². The standard InChI is InChI=1S/2C49H36N2/c1-50(49-34-41-16-7-8-19-46(41)47-20-9-10-21-48(47)49)42-27-22-37(23-28-42)38-24-29-43(30-25-38)51(45-31-26-36-14-5-6-15-39(36)33-45)44-18-11-17-40(32-44)35-12-3-2-4-13-35;1-50(47-28-23-43-30-39-13-7-8-14-40(39)31-44(43)34-47)45-24-18-37(19-25-45)38-20-26-46(27-21-38)51(49-29-22-36-12-5-6-15-41(36)33-49)48-17-9-16-42(32-48)35-10-3-2-4-11-35/h2*2-34H,1H3. The molecule has 484 valence electrons. The van der Waals surface area contributed by atoms with Crippen molar-refractivity contribution in [1.82, 2.24) is 0 Å². The molecule has 102 heavy (non-hydrogen) atoms. The number of rotatable bonds is 14. The Kier molecular flexibility index (Phi) is 16.8. The fourth-order valence-electron chi connectivity index (χ4n) is 14.5. The van der Waals surface area contributed by atoms with Crippen LogP contribution >= 0.6 is 0 Å². The van der Waals surface area contributed by atoms with Crippen LogP contribution in [0.4, 0.5) is 56.9 Å². The molecule has 0 N–H and O–H groups in total. The molecule has 0 bridgehead atoms. The number of anilines is 10. The van der Waals surface area contributed by atoms with Crippen molar-refractivity contribution in [2.45, 2.75) is 0 Å². The van der Waals surface area contributed by atoms with Crippen LogP contribution in [0.15, 0.2) is 400 Å². The zero-order chi connectivity index (χ0) is 68.3. The van der Waals surface area contributed by atoms with Crippen LogP contribution in [-0.2, 0) is 0 Å². The van der Waals surface area contributed by atoms with Gasteiger partial charge in [0.1, 0.15) is 0 Å². The number of hydrogen-bond donors (Lipinski definition) is 0. The van der Waals surface area contributed by atoms with Crippen molar-refractivity contribution in [2.75, 3.05) is 33.7 Å². The van der Waals surface area contributed by atoms with E-state index < -0.39 is 0 Å². The molecule has 18 rings (SSSR count). The minimum Gasteiger partial charge on any atom is -0.345 e. The van der Waals surface area contributed by atoms with Crippen LogP contribution in [0.1, 0.15) is 0 Å². The first-order valence-corrected chi connectivity index (χ1v) is 35.0. The van der Waals surface area contributed by atoms with Crippen LogP contribution in [-0.4, -0.2) is 14.1 Å². The first-order valence-electron chi connectivity index (χ1n) is 35.0. The Morgan fingerprint density at radius 3 is 0.931 bits per heavy atom. The molecule has 0 saturated heterocycles. The Balaban J connectivity index is 0.000000152. The molecular formula is C98H72N4. The van der Waals surface area contributed by atoms with Crippen molar-refractivity contribution in [3.63, 3.8) is 0 Å². The van der Waals surface area contributed by atoms with Crippen molar-refractivity contribution >= 4 is 122 Å². The third-order valence-corrected chi connectivity index (χ3v) is 20.0. The fourth-order valence-corrected chi connectivity index (χ4v) is 14.5. The van der Waals surface area contributed by atoms with E-state index in [9.17, 15) is 0 Å². The summed E-state index contributed by atoms with van der Waals surface area (Å²) < 4.78 is 0. The molecule has 18 aromatic rings. The summed E-state index contributed by atoms with van der Waals surface area (Å²) in [4.78, 5) is 9.26. The normalized spacial score (nSPS) is 11.2. The van der Waals surface area contributed by atoms with Gasteiger partial charge in [-0.2, -0.15) is 0 Å². The highest BCUT2D eigenvalue weighted by Crippen LogP contribution is 2.43. The summed E-state index contributed by atoms with van der Waals surface area (Å²) >= 11 is 0. The molecular weight excluding hydrogens is 1230 g/mol. The van der Waals surface area contributed by atoms with Crippen molar-refractivity contribution in [3.8, 4) is 44.5 Å². The molecule has 0 saturated carbocycles. The maximum atomic E-state index is 2.36. The third-order valence-electron chi connectivity index (χ3n) is 20.0. The topological polar surface area (TPSA) is 13.0 Å². The Morgan fingerprint density at radius 1 is 0.147 bits per heavy atom. The van der Waals surface area contributed by atoms with Crippen molar-refractivity contribution in [2.24, 2.45) is 0 Å². The van der Waals surface area contributed by atoms with Gasteiger partial charge >= 0.3 is 0 Å². The van der Waals surface area contributed by atoms with Crippen molar-refractivity contribution < 1.29 is 0 Å². The van der Waals surface area contributed by atoms with Crippen LogP contribution in [0.2, 0.25) is 0 Å². The summed E-state index contributed by atoms with van der Waals surface area (Å²) in [6, 6.07) is 145. The predicted octanol–water partition coefficient (Wildman–Crippen LogP) is 27.4. The molecule has 0 fully saturated rings. The third kappa shape index (κ3) is 12.6. The van der Waals surface area contributed by atoms with E-state index in [0.29, 0.717) is 0 Å². The molecule has 0 aliphatic carbocycles. The summed E-state index contributed by atoms with van der Waals surface area (Å²) in [5.74, 6) is 0. The lowest BCUT2D eigenvalue weighted by Gasteiger charge is -2.26. The van der Waals surface area contributed by atoms with E-state index in [4.69, 9.17) is 0 Å². The lowest BCUT2D eigenvalue weighted by molar-refractivity contribution is 1.21. The highest BCUT2D eigenvalue weighted by Gasteiger charge is 2.19. The molecule has 0 aliphatic rings. The Morgan fingerprint density at radius 2 is 0.451 bits per heavy atom. The highest BCUT2D eigenvalue weighted by molar-refractivity contribution is 6.14. The van der Waals surface area contributed by atoms with E-state index in [0.717, 1.165) is 45.5 Å². The van der Waals surface area contributed by atoms with E-state index in [1.807, 2.05) is 0 Å². The van der Waals surface area contributed by atoms with Gasteiger partial charge < -0.3 is 19.6 Å². The molecule has 4 heteroatoms. The molecule has 0 aliphatic heterocycles. The maximum absolute atomic E-state index is 2.36. The molecule has 0 amide bonds. The second-order valence-corrected chi connectivity index (χ2v) is 26.3. The Bertz CT molecular complexity index is 6030. The first kappa shape index (κ1) is 62.3. The van der Waals surface area contributed by atoms with Gasteiger partial charge in [-0.1, -0.05) is 273 Å². The second-order valence-electron chi connectivity index (χ2n) is 26.3. The highest BCUT2D eigenvalue weighted by atomic mass is 15.1. The Hall–Kier alpha value is -13.3. The summed E-state index contributed by atoms with van der Waals surface area (Å²) in [7, 11) is 4.30. The molecule has 0 radical (unpaired) electrons. The average molecular weight is 1310 g/mol. The van der Waals surface area contributed by atoms with Crippen molar-refractivity contribution in [1.29, 1.82) is 0 Å². The van der Waals surface area contributed by atoms with Crippen LogP contribution in [0.25, 0.3) is 109 Å². The van der Waals surface area contributed by atoms with Gasteiger partial charge in [-0.25, -0.2) is 0 Å². The Labute approximate surface area is 596 Å². The van der Waals surface area contributed by atoms with Gasteiger partial charge in [-0.05, 0) is 231 Å². The monoisotopic (exact) mass is 1300 g/mol. The van der Waals surface area contributed by atoms with Crippen LogP contribution in [0.3, 0.4) is 0 Å². The molecule has 0 heterocycles. The van der Waals surface area contributed by atoms with Gasteiger partial charge in [0, 0.05) is 76.4 Å². The predicted molar refractivity (Wildman–Crippen MR) is 438 cm³/mol. The quantitative estimate of drug-likeness (QED) is 0.0795. The smallest absolute Gasteiger partial charge is 0.0494 e. The maximum Gasteiger partial charge on any atom is 0.0494 e. The minimum absolute atomic E-state index is 1.11. The van der Waals surface area contributed by atoms with Gasteiger partial charge in [0.15, 0.2) is 0 Å². The SMILES string of the molecule is CN(c1ccc(-c2ccc(N(c3cccc(-c4ccccc4)c3)c3ccc4ccccc4c3)cc2)cc1)c1cc2ccccc2c2ccccc12.CN(c1ccc(-c2ccc(N(c3cccc(-c4ccccc4)c3)c3ccc4ccccc4c3)cc2)cc1)c1ccc2cc3ccccc3cc2c1. The fraction of sp³-hybridized carbons (Fsp3) is 0.0204. The molecule has 0 unspecified atom stereocenters. The largest absolute Gasteiger partial charge is 0.345 e. The number of nitrogens with zero attached hydrogens (tertiary/aromatic N) is 4. The average Bonchev–Trinajstić information content (AvgIpc) is 0.781. The molecule has 0 atom stereocenters. The minimum atomic E-state index is 1.11. The summed E-state index contributed by atoms with van der Waals surface area (Å²) in [5.41, 5.74) is 20.9. The van der Waals surface area contributed by atoms with Crippen LogP contribution in [0, 0.1) is 0 Å². The van der Waals surface area contributed by atoms with E-state index in [1.165, 1.54) is 121 Å². The van der Waals surface area contributed by atoms with Gasteiger partial charge in [0.2, 0.25) is 0 Å². The van der Waals surface area contributed by atoms with Gasteiger partial charge in [-0.3, -0.25) is 0 Å². The van der Waals surface area contributed by atoms with Gasteiger partial charge in [-0.15, -0.1) is 0 Å². The van der Waals surface area contributed by atoms with E-state index in [2.05, 4.69) is 434 Å². The van der Waals surface area contributed by atoms with E-state index in [1.54, 1.807) is 0 Å². The summed E-state index contributed by atoms with van der Waals surface area (Å²) in [6.07, 6.45) is 0. The van der Waals surface area contributed by atoms with Gasteiger partial charge in [0.25, 0.3) is 0 Å². The number of fused-ring (bicyclic) bond motifs is 7. The summed E-state index contributed by atoms with van der Waals surface area (Å²) in [5, 5.41) is 15.0. The van der Waals surface area contributed by atoms with E-state index >= 15 is 0 Å². The van der Waals surface area contributed by atoms with E-state index in [-0.39, 0.29) is 0 Å².